The minimum Gasteiger partial charge on any atom is -0.355 e. The number of rotatable bonds is 8. The molecule has 0 radical (unpaired) electrons. The van der Waals surface area contributed by atoms with Crippen molar-refractivity contribution in [2.24, 2.45) is 0 Å². The minimum atomic E-state index is -3.53. The van der Waals surface area contributed by atoms with Crippen molar-refractivity contribution in [2.75, 3.05) is 5.75 Å². The van der Waals surface area contributed by atoms with Crippen LogP contribution in [0.15, 0.2) is 61.2 Å². The van der Waals surface area contributed by atoms with Gasteiger partial charge >= 0.3 is 0 Å². The third kappa shape index (κ3) is 5.83. The Morgan fingerprint density at radius 3 is 2.28 bits per heavy atom. The fourth-order valence-corrected chi connectivity index (χ4v) is 6.30. The molecule has 1 aliphatic heterocycles. The molecule has 0 spiro atoms. The molecule has 1 amide bonds. The Labute approximate surface area is 225 Å². The van der Waals surface area contributed by atoms with Crippen LogP contribution in [-0.2, 0) is 19.4 Å². The maximum absolute atomic E-state index is 14.2. The van der Waals surface area contributed by atoms with Crippen LogP contribution in [0.25, 0.3) is 0 Å². The molecule has 0 aliphatic carbocycles. The zero-order valence-corrected chi connectivity index (χ0v) is 23.8. The van der Waals surface area contributed by atoms with Crippen LogP contribution in [0.1, 0.15) is 70.7 Å². The Bertz CT molecular complexity index is 1210. The number of carbonyl (C=O) groups excluding carboxylic acids is 1. The molecule has 0 saturated carbocycles. The summed E-state index contributed by atoms with van der Waals surface area (Å²) in [4.78, 5) is 15.9. The van der Waals surface area contributed by atoms with Crippen molar-refractivity contribution < 1.29 is 17.9 Å². The lowest BCUT2D eigenvalue weighted by atomic mass is 9.86. The van der Waals surface area contributed by atoms with Gasteiger partial charge in [-0.25, -0.2) is 8.42 Å². The number of hydrogen-bond acceptors (Lipinski definition) is 4. The molecule has 0 aromatic heterocycles. The van der Waals surface area contributed by atoms with Gasteiger partial charge in [0.1, 0.15) is 11.7 Å². The number of morpholine rings is 1. The molecule has 2 aromatic rings. The van der Waals surface area contributed by atoms with E-state index in [2.05, 4.69) is 6.58 Å². The van der Waals surface area contributed by atoms with Crippen LogP contribution < -0.4 is 0 Å². The first-order chi connectivity index (χ1) is 16.7. The topological polar surface area (TPSA) is 63.7 Å². The highest BCUT2D eigenvalue weighted by molar-refractivity contribution is 7.92. The van der Waals surface area contributed by atoms with Crippen LogP contribution >= 0.6 is 23.2 Å². The molecular formula is C28H35Cl2NO4S. The number of halogens is 2. The Hall–Kier alpha value is -1.86. The Morgan fingerprint density at radius 2 is 1.75 bits per heavy atom. The smallest absolute Gasteiger partial charge is 0.255 e. The third-order valence-electron chi connectivity index (χ3n) is 6.79. The predicted octanol–water partition coefficient (Wildman–Crippen LogP) is 6.96. The first-order valence-corrected chi connectivity index (χ1v) is 14.5. The molecule has 2 aromatic carbocycles. The maximum Gasteiger partial charge on any atom is 0.255 e. The van der Waals surface area contributed by atoms with Crippen LogP contribution in [-0.4, -0.2) is 41.4 Å². The minimum absolute atomic E-state index is 0.157. The lowest BCUT2D eigenvalue weighted by Crippen LogP contribution is -2.61. The molecular weight excluding hydrogens is 517 g/mol. The second-order valence-corrected chi connectivity index (χ2v) is 14.1. The molecule has 1 heterocycles. The number of benzene rings is 2. The largest absolute Gasteiger partial charge is 0.355 e. The van der Waals surface area contributed by atoms with E-state index in [0.29, 0.717) is 16.5 Å². The van der Waals surface area contributed by atoms with Gasteiger partial charge in [0.05, 0.1) is 16.5 Å². The van der Waals surface area contributed by atoms with Crippen molar-refractivity contribution in [3.05, 3.63) is 82.4 Å². The lowest BCUT2D eigenvalue weighted by Gasteiger charge is -2.52. The molecule has 5 nitrogen and oxygen atoms in total. The van der Waals surface area contributed by atoms with Gasteiger partial charge in [0.15, 0.2) is 9.84 Å². The van der Waals surface area contributed by atoms with Gasteiger partial charge < -0.3 is 9.64 Å². The molecule has 36 heavy (non-hydrogen) atoms. The molecule has 4 atom stereocenters. The van der Waals surface area contributed by atoms with Gasteiger partial charge in [-0.3, -0.25) is 4.79 Å². The van der Waals surface area contributed by atoms with Crippen LogP contribution in [0, 0.1) is 0 Å². The van der Waals surface area contributed by atoms with Gasteiger partial charge in [-0.05, 0) is 69.5 Å². The van der Waals surface area contributed by atoms with Crippen LogP contribution in [0.4, 0.5) is 0 Å². The van der Waals surface area contributed by atoms with E-state index >= 15 is 0 Å². The van der Waals surface area contributed by atoms with E-state index in [1.807, 2.05) is 37.3 Å². The van der Waals surface area contributed by atoms with Gasteiger partial charge in [-0.1, -0.05) is 60.5 Å². The summed E-state index contributed by atoms with van der Waals surface area (Å²) >= 11 is 12.5. The summed E-state index contributed by atoms with van der Waals surface area (Å²) in [5.41, 5.74) is 0.366. The molecule has 196 valence electrons. The van der Waals surface area contributed by atoms with Crippen molar-refractivity contribution in [1.82, 2.24) is 4.90 Å². The van der Waals surface area contributed by atoms with E-state index in [-0.39, 0.29) is 18.1 Å². The Balaban J connectivity index is 2.26. The SMILES string of the molecule is C=CCC1(C)OC(c2cccc(Cl)c2)C(c2ccc(Cl)cc2)N(C(CC)CS(=O)(=O)C(C)(C)C)C1=O. The highest BCUT2D eigenvalue weighted by atomic mass is 35.5. The summed E-state index contributed by atoms with van der Waals surface area (Å²) in [5.74, 6) is -0.425. The van der Waals surface area contributed by atoms with E-state index in [9.17, 15) is 13.2 Å². The molecule has 1 saturated heterocycles. The standard InChI is InChI=1S/C28H35Cl2NO4S/c1-7-16-28(6)26(32)31(23(8-2)18-36(33,34)27(3,4)5)24(19-12-14-21(29)15-13-19)25(35-28)20-10-9-11-22(30)17-20/h7,9-15,17,23-25H,1,8,16,18H2,2-6H3. The molecule has 3 rings (SSSR count). The van der Waals surface area contributed by atoms with Gasteiger partial charge in [-0.2, -0.15) is 0 Å². The second kappa shape index (κ2) is 10.9. The second-order valence-electron chi connectivity index (χ2n) is 10.5. The fraction of sp³-hybridized carbons (Fsp3) is 0.464. The molecule has 4 unspecified atom stereocenters. The molecule has 1 fully saturated rings. The number of carbonyl (C=O) groups is 1. The summed E-state index contributed by atoms with van der Waals surface area (Å²) in [6.45, 7) is 12.5. The van der Waals surface area contributed by atoms with Gasteiger partial charge in [0.2, 0.25) is 0 Å². The third-order valence-corrected chi connectivity index (χ3v) is 9.97. The van der Waals surface area contributed by atoms with E-state index in [4.69, 9.17) is 27.9 Å². The number of hydrogen-bond donors (Lipinski definition) is 0. The van der Waals surface area contributed by atoms with Crippen molar-refractivity contribution in [3.8, 4) is 0 Å². The number of nitrogens with zero attached hydrogens (tertiary/aromatic N) is 1. The Morgan fingerprint density at radius 1 is 1.11 bits per heavy atom. The predicted molar refractivity (Wildman–Crippen MR) is 147 cm³/mol. The first-order valence-electron chi connectivity index (χ1n) is 12.1. The van der Waals surface area contributed by atoms with E-state index in [1.54, 1.807) is 56.9 Å². The summed E-state index contributed by atoms with van der Waals surface area (Å²) in [5, 5.41) is 1.11. The van der Waals surface area contributed by atoms with Crippen LogP contribution in [0.2, 0.25) is 10.0 Å². The average Bonchev–Trinajstić information content (AvgIpc) is 2.79. The summed E-state index contributed by atoms with van der Waals surface area (Å²) < 4.78 is 32.3. The lowest BCUT2D eigenvalue weighted by molar-refractivity contribution is -0.201. The van der Waals surface area contributed by atoms with E-state index in [1.165, 1.54) is 0 Å². The summed E-state index contributed by atoms with van der Waals surface area (Å²) in [6.07, 6.45) is 1.78. The highest BCUT2D eigenvalue weighted by Crippen LogP contribution is 2.48. The zero-order chi connectivity index (χ0) is 26.9. The average molecular weight is 553 g/mol. The van der Waals surface area contributed by atoms with E-state index < -0.39 is 38.4 Å². The van der Waals surface area contributed by atoms with Gasteiger partial charge in [0, 0.05) is 22.5 Å². The van der Waals surface area contributed by atoms with Crippen molar-refractivity contribution in [3.63, 3.8) is 0 Å². The molecule has 0 bridgehead atoms. The molecule has 1 aliphatic rings. The monoisotopic (exact) mass is 551 g/mol. The number of sulfone groups is 1. The normalized spacial score (nSPS) is 24.0. The maximum atomic E-state index is 14.2. The first kappa shape index (κ1) is 28.7. The van der Waals surface area contributed by atoms with Crippen molar-refractivity contribution in [2.45, 2.75) is 76.0 Å². The number of ether oxygens (including phenoxy) is 1. The van der Waals surface area contributed by atoms with E-state index in [0.717, 1.165) is 11.1 Å². The molecule has 0 N–H and O–H groups in total. The van der Waals surface area contributed by atoms with Crippen molar-refractivity contribution >= 4 is 38.9 Å². The quantitative estimate of drug-likeness (QED) is 0.332. The summed E-state index contributed by atoms with van der Waals surface area (Å²) in [6, 6.07) is 13.4. The van der Waals surface area contributed by atoms with Gasteiger partial charge in [0.25, 0.3) is 5.91 Å². The number of amides is 1. The van der Waals surface area contributed by atoms with Crippen molar-refractivity contribution in [1.29, 1.82) is 0 Å². The Kier molecular flexibility index (Phi) is 8.66. The van der Waals surface area contributed by atoms with Gasteiger partial charge in [-0.15, -0.1) is 6.58 Å². The fourth-order valence-electron chi connectivity index (χ4n) is 4.57. The highest BCUT2D eigenvalue weighted by Gasteiger charge is 2.52. The zero-order valence-electron chi connectivity index (χ0n) is 21.5. The molecule has 8 heteroatoms. The summed E-state index contributed by atoms with van der Waals surface area (Å²) in [7, 11) is -3.53. The van der Waals surface area contributed by atoms with Crippen LogP contribution in [0.3, 0.4) is 0 Å². The van der Waals surface area contributed by atoms with Crippen LogP contribution in [0.5, 0.6) is 0 Å².